The maximum atomic E-state index is 9.30. The minimum absolute atomic E-state index is 0.0584. The molecule has 2 atom stereocenters. The highest BCUT2D eigenvalue weighted by molar-refractivity contribution is 5.45. The van der Waals surface area contributed by atoms with Crippen LogP contribution >= 0.6 is 0 Å². The largest absolute Gasteiger partial charge is 0.508 e. The number of hydrogen-bond acceptors (Lipinski definition) is 3. The summed E-state index contributed by atoms with van der Waals surface area (Å²) in [5.41, 5.74) is 6.82. The lowest BCUT2D eigenvalue weighted by atomic mass is 9.95. The molecule has 0 saturated heterocycles. The highest BCUT2D eigenvalue weighted by Crippen LogP contribution is 2.37. The van der Waals surface area contributed by atoms with Crippen LogP contribution in [0.1, 0.15) is 18.4 Å². The Balaban J connectivity index is 2.40. The molecule has 0 radical (unpaired) electrons. The maximum absolute atomic E-state index is 9.30. The Kier molecular flexibility index (Phi) is 1.88. The molecule has 1 aliphatic heterocycles. The van der Waals surface area contributed by atoms with Crippen molar-refractivity contribution in [2.24, 2.45) is 5.73 Å². The average molecular weight is 179 g/mol. The van der Waals surface area contributed by atoms with Crippen LogP contribution in [0, 0.1) is 0 Å². The van der Waals surface area contributed by atoms with Crippen LogP contribution in [0.2, 0.25) is 0 Å². The van der Waals surface area contributed by atoms with Gasteiger partial charge in [0.05, 0.1) is 6.61 Å². The molecule has 0 bridgehead atoms. The van der Waals surface area contributed by atoms with Crippen molar-refractivity contribution >= 4 is 0 Å². The zero-order valence-corrected chi connectivity index (χ0v) is 7.53. The number of hydrogen-bond donors (Lipinski definition) is 2. The number of phenolic OH excluding ortho intramolecular Hbond substituents is 1. The summed E-state index contributed by atoms with van der Waals surface area (Å²) in [5.74, 6) is 1.33. The molecule has 70 valence electrons. The Morgan fingerprint density at radius 1 is 1.62 bits per heavy atom. The Hall–Kier alpha value is -1.22. The summed E-state index contributed by atoms with van der Waals surface area (Å²) in [6.07, 6.45) is 0. The van der Waals surface area contributed by atoms with Crippen molar-refractivity contribution in [1.82, 2.24) is 0 Å². The second-order valence-corrected chi connectivity index (χ2v) is 3.50. The molecule has 0 amide bonds. The number of phenols is 1. The van der Waals surface area contributed by atoms with Crippen LogP contribution in [0.4, 0.5) is 0 Å². The lowest BCUT2D eigenvalue weighted by Gasteiger charge is -2.12. The van der Waals surface area contributed by atoms with Crippen LogP contribution in [-0.2, 0) is 0 Å². The first kappa shape index (κ1) is 8.38. The van der Waals surface area contributed by atoms with E-state index in [4.69, 9.17) is 10.5 Å². The monoisotopic (exact) mass is 179 g/mol. The van der Waals surface area contributed by atoms with Gasteiger partial charge in [0, 0.05) is 17.5 Å². The molecule has 0 saturated carbocycles. The third-order valence-corrected chi connectivity index (χ3v) is 2.45. The fourth-order valence-electron chi connectivity index (χ4n) is 1.66. The van der Waals surface area contributed by atoms with Crippen LogP contribution in [0.3, 0.4) is 0 Å². The molecule has 3 nitrogen and oxygen atoms in total. The summed E-state index contributed by atoms with van der Waals surface area (Å²) in [6.45, 7) is 2.57. The molecule has 0 aromatic heterocycles. The van der Waals surface area contributed by atoms with Crippen LogP contribution in [0.5, 0.6) is 11.5 Å². The second kappa shape index (κ2) is 2.92. The first-order valence-corrected chi connectivity index (χ1v) is 4.40. The molecule has 1 aromatic carbocycles. The van der Waals surface area contributed by atoms with Crippen LogP contribution in [-0.4, -0.2) is 17.8 Å². The van der Waals surface area contributed by atoms with Gasteiger partial charge in [0.1, 0.15) is 11.5 Å². The normalized spacial score (nSPS) is 22.2. The number of aromatic hydroxyl groups is 1. The standard InChI is InChI=1S/C10H13NO2/c1-6(11)9-5-13-10-3-2-7(12)4-8(9)10/h2-4,6,9,12H,5,11H2,1H3. The summed E-state index contributed by atoms with van der Waals surface area (Å²) < 4.78 is 5.44. The van der Waals surface area contributed by atoms with E-state index in [9.17, 15) is 5.11 Å². The Bertz CT molecular complexity index is 323. The van der Waals surface area contributed by atoms with E-state index < -0.39 is 0 Å². The summed E-state index contributed by atoms with van der Waals surface area (Å²) in [6, 6.07) is 5.20. The van der Waals surface area contributed by atoms with Crippen molar-refractivity contribution in [2.45, 2.75) is 18.9 Å². The SMILES string of the molecule is CC(N)C1COc2ccc(O)cc21. The Labute approximate surface area is 77.1 Å². The van der Waals surface area contributed by atoms with Gasteiger partial charge in [-0.1, -0.05) is 0 Å². The van der Waals surface area contributed by atoms with E-state index in [1.54, 1.807) is 18.2 Å². The van der Waals surface area contributed by atoms with Crippen molar-refractivity contribution < 1.29 is 9.84 Å². The third kappa shape index (κ3) is 1.35. The van der Waals surface area contributed by atoms with Gasteiger partial charge >= 0.3 is 0 Å². The van der Waals surface area contributed by atoms with Gasteiger partial charge in [-0.15, -0.1) is 0 Å². The topological polar surface area (TPSA) is 55.5 Å². The molecule has 1 aromatic rings. The van der Waals surface area contributed by atoms with Crippen molar-refractivity contribution in [3.8, 4) is 11.5 Å². The molecular formula is C10H13NO2. The third-order valence-electron chi connectivity index (χ3n) is 2.45. The van der Waals surface area contributed by atoms with E-state index in [-0.39, 0.29) is 17.7 Å². The first-order valence-electron chi connectivity index (χ1n) is 4.40. The molecule has 0 aliphatic carbocycles. The molecule has 13 heavy (non-hydrogen) atoms. The smallest absolute Gasteiger partial charge is 0.123 e. The zero-order valence-electron chi connectivity index (χ0n) is 7.53. The first-order chi connectivity index (χ1) is 6.18. The lowest BCUT2D eigenvalue weighted by molar-refractivity contribution is 0.318. The van der Waals surface area contributed by atoms with Crippen molar-refractivity contribution in [3.05, 3.63) is 23.8 Å². The summed E-state index contributed by atoms with van der Waals surface area (Å²) in [4.78, 5) is 0. The lowest BCUT2D eigenvalue weighted by Crippen LogP contribution is -2.25. The van der Waals surface area contributed by atoms with Crippen LogP contribution < -0.4 is 10.5 Å². The highest BCUT2D eigenvalue weighted by Gasteiger charge is 2.27. The average Bonchev–Trinajstić information content (AvgIpc) is 2.46. The number of rotatable bonds is 1. The maximum Gasteiger partial charge on any atom is 0.123 e. The number of nitrogens with two attached hydrogens (primary N) is 1. The minimum atomic E-state index is 0.0584. The molecule has 0 spiro atoms. The van der Waals surface area contributed by atoms with Gasteiger partial charge in [-0.05, 0) is 25.1 Å². The van der Waals surface area contributed by atoms with Crippen molar-refractivity contribution in [3.63, 3.8) is 0 Å². The summed E-state index contributed by atoms with van der Waals surface area (Å²) in [5, 5.41) is 9.30. The second-order valence-electron chi connectivity index (χ2n) is 3.50. The molecule has 1 aliphatic rings. The predicted octanol–water partition coefficient (Wildman–Crippen LogP) is 1.22. The quantitative estimate of drug-likeness (QED) is 0.681. The fourth-order valence-corrected chi connectivity index (χ4v) is 1.66. The molecule has 3 N–H and O–H groups in total. The molecule has 0 fully saturated rings. The Morgan fingerprint density at radius 2 is 2.38 bits per heavy atom. The minimum Gasteiger partial charge on any atom is -0.508 e. The zero-order chi connectivity index (χ0) is 9.42. The van der Waals surface area contributed by atoms with Crippen LogP contribution in [0.25, 0.3) is 0 Å². The van der Waals surface area contributed by atoms with Gasteiger partial charge < -0.3 is 15.6 Å². The number of benzene rings is 1. The predicted molar refractivity (Wildman–Crippen MR) is 50.0 cm³/mol. The van der Waals surface area contributed by atoms with Gasteiger partial charge in [-0.2, -0.15) is 0 Å². The van der Waals surface area contributed by atoms with Gasteiger partial charge in [0.15, 0.2) is 0 Å². The van der Waals surface area contributed by atoms with E-state index >= 15 is 0 Å². The van der Waals surface area contributed by atoms with E-state index in [0.717, 1.165) is 11.3 Å². The highest BCUT2D eigenvalue weighted by atomic mass is 16.5. The van der Waals surface area contributed by atoms with Crippen molar-refractivity contribution in [1.29, 1.82) is 0 Å². The van der Waals surface area contributed by atoms with Gasteiger partial charge in [0.25, 0.3) is 0 Å². The molecule has 2 rings (SSSR count). The summed E-state index contributed by atoms with van der Waals surface area (Å²) in [7, 11) is 0. The summed E-state index contributed by atoms with van der Waals surface area (Å²) >= 11 is 0. The van der Waals surface area contributed by atoms with Crippen molar-refractivity contribution in [2.75, 3.05) is 6.61 Å². The van der Waals surface area contributed by atoms with Gasteiger partial charge in [-0.25, -0.2) is 0 Å². The van der Waals surface area contributed by atoms with E-state index in [0.29, 0.717) is 6.61 Å². The number of ether oxygens (including phenoxy) is 1. The van der Waals surface area contributed by atoms with Gasteiger partial charge in [-0.3, -0.25) is 0 Å². The van der Waals surface area contributed by atoms with E-state index in [1.807, 2.05) is 6.92 Å². The van der Waals surface area contributed by atoms with Crippen LogP contribution in [0.15, 0.2) is 18.2 Å². The fraction of sp³-hybridized carbons (Fsp3) is 0.400. The molecule has 3 heteroatoms. The Morgan fingerprint density at radius 3 is 3.08 bits per heavy atom. The van der Waals surface area contributed by atoms with Gasteiger partial charge in [0.2, 0.25) is 0 Å². The van der Waals surface area contributed by atoms with E-state index in [2.05, 4.69) is 0 Å². The molecular weight excluding hydrogens is 166 g/mol. The number of fused-ring (bicyclic) bond motifs is 1. The molecule has 2 unspecified atom stereocenters. The van der Waals surface area contributed by atoms with E-state index in [1.165, 1.54) is 0 Å². The molecule has 1 heterocycles.